The van der Waals surface area contributed by atoms with Crippen LogP contribution < -0.4 is 5.73 Å². The van der Waals surface area contributed by atoms with Gasteiger partial charge in [0.1, 0.15) is 5.52 Å². The van der Waals surface area contributed by atoms with Crippen LogP contribution in [0, 0.1) is 5.92 Å². The van der Waals surface area contributed by atoms with Gasteiger partial charge in [0.05, 0.1) is 19.0 Å². The van der Waals surface area contributed by atoms with E-state index in [0.29, 0.717) is 30.1 Å². The van der Waals surface area contributed by atoms with Gasteiger partial charge in [0, 0.05) is 6.04 Å². The van der Waals surface area contributed by atoms with Crippen LogP contribution >= 0.6 is 11.6 Å². The lowest BCUT2D eigenvalue weighted by Gasteiger charge is -2.16. The normalized spacial score (nSPS) is 29.1. The second kappa shape index (κ2) is 5.86. The standard InChI is InChI=1S/C15H18ClN5O3/c1-2-23-14(22)10-4-7-3-8(5-9(7)24-10)21-6-18-11-12(16)19-15(17)20-13(11)21/h6-10H,2-5H2,1H3,(H2,17,19,20)/t7-,8+,9-,10+/m0/s1. The number of carbonyl (C=O) groups excluding carboxylic acids is 1. The van der Waals surface area contributed by atoms with E-state index in [1.165, 1.54) is 0 Å². The topological polar surface area (TPSA) is 105 Å². The molecule has 1 aliphatic heterocycles. The van der Waals surface area contributed by atoms with Crippen LogP contribution in [-0.2, 0) is 14.3 Å². The van der Waals surface area contributed by atoms with Crippen molar-refractivity contribution >= 4 is 34.7 Å². The van der Waals surface area contributed by atoms with Crippen LogP contribution in [-0.4, -0.2) is 44.3 Å². The first-order chi connectivity index (χ1) is 11.6. The first kappa shape index (κ1) is 15.6. The van der Waals surface area contributed by atoms with E-state index in [0.717, 1.165) is 12.8 Å². The van der Waals surface area contributed by atoms with E-state index >= 15 is 0 Å². The summed E-state index contributed by atoms with van der Waals surface area (Å²) in [4.78, 5) is 24.3. The molecular weight excluding hydrogens is 334 g/mol. The number of hydrogen-bond acceptors (Lipinski definition) is 7. The predicted molar refractivity (Wildman–Crippen MR) is 86.4 cm³/mol. The number of aromatic nitrogens is 4. The molecule has 0 bridgehead atoms. The van der Waals surface area contributed by atoms with Crippen molar-refractivity contribution in [3.05, 3.63) is 11.5 Å². The summed E-state index contributed by atoms with van der Waals surface area (Å²) in [6, 6.07) is 0.193. The number of imidazole rings is 1. The number of carbonyl (C=O) groups is 1. The summed E-state index contributed by atoms with van der Waals surface area (Å²) >= 11 is 6.08. The van der Waals surface area contributed by atoms with Crippen molar-refractivity contribution < 1.29 is 14.3 Å². The van der Waals surface area contributed by atoms with Gasteiger partial charge in [-0.05, 0) is 32.1 Å². The molecule has 0 aromatic carbocycles. The number of hydrogen-bond donors (Lipinski definition) is 1. The van der Waals surface area contributed by atoms with Gasteiger partial charge in [-0.2, -0.15) is 9.97 Å². The quantitative estimate of drug-likeness (QED) is 0.663. The fourth-order valence-electron chi connectivity index (χ4n) is 3.79. The molecule has 128 valence electrons. The molecule has 2 N–H and O–H groups in total. The second-order valence-corrected chi connectivity index (χ2v) is 6.59. The summed E-state index contributed by atoms with van der Waals surface area (Å²) in [5, 5.41) is 0.257. The van der Waals surface area contributed by atoms with Crippen LogP contribution in [0.4, 0.5) is 5.95 Å². The van der Waals surface area contributed by atoms with E-state index in [1.807, 2.05) is 4.57 Å². The maximum Gasteiger partial charge on any atom is 0.335 e. The monoisotopic (exact) mass is 351 g/mol. The number of fused-ring (bicyclic) bond motifs is 2. The number of ether oxygens (including phenoxy) is 2. The third-order valence-electron chi connectivity index (χ3n) is 4.80. The molecule has 1 aliphatic carbocycles. The number of nitrogens with two attached hydrogens (primary N) is 1. The van der Waals surface area contributed by atoms with Crippen molar-refractivity contribution in [1.82, 2.24) is 19.5 Å². The van der Waals surface area contributed by atoms with Crippen molar-refractivity contribution in [3.63, 3.8) is 0 Å². The van der Waals surface area contributed by atoms with Crippen molar-refractivity contribution in [2.24, 2.45) is 5.92 Å². The number of rotatable bonds is 3. The molecule has 2 aliphatic rings. The Kier molecular flexibility index (Phi) is 3.80. The summed E-state index contributed by atoms with van der Waals surface area (Å²) in [7, 11) is 0. The summed E-state index contributed by atoms with van der Waals surface area (Å²) < 4.78 is 12.9. The lowest BCUT2D eigenvalue weighted by Crippen LogP contribution is -2.24. The third kappa shape index (κ3) is 2.50. The smallest absolute Gasteiger partial charge is 0.335 e. The van der Waals surface area contributed by atoms with Gasteiger partial charge in [-0.25, -0.2) is 9.78 Å². The summed E-state index contributed by atoms with van der Waals surface area (Å²) in [5.74, 6) is 0.200. The SMILES string of the molecule is CCOC(=O)[C@H]1C[C@@H]2C[C@@H](n3cnc4c(Cl)nc(N)nc43)C[C@@H]2O1. The van der Waals surface area contributed by atoms with E-state index in [9.17, 15) is 4.79 Å². The molecule has 2 aromatic heterocycles. The van der Waals surface area contributed by atoms with Crippen LogP contribution in [0.5, 0.6) is 0 Å². The molecule has 1 saturated carbocycles. The van der Waals surface area contributed by atoms with Gasteiger partial charge in [-0.3, -0.25) is 0 Å². The Balaban J connectivity index is 1.53. The maximum atomic E-state index is 11.8. The van der Waals surface area contributed by atoms with Crippen molar-refractivity contribution in [1.29, 1.82) is 0 Å². The van der Waals surface area contributed by atoms with Gasteiger partial charge in [0.25, 0.3) is 0 Å². The van der Waals surface area contributed by atoms with E-state index in [1.54, 1.807) is 13.3 Å². The van der Waals surface area contributed by atoms with Gasteiger partial charge in [-0.15, -0.1) is 0 Å². The van der Waals surface area contributed by atoms with E-state index < -0.39 is 6.10 Å². The van der Waals surface area contributed by atoms with Gasteiger partial charge >= 0.3 is 5.97 Å². The number of halogens is 1. The molecule has 1 saturated heterocycles. The highest BCUT2D eigenvalue weighted by molar-refractivity contribution is 6.33. The Morgan fingerprint density at radius 2 is 2.29 bits per heavy atom. The zero-order chi connectivity index (χ0) is 16.8. The highest BCUT2D eigenvalue weighted by Crippen LogP contribution is 2.45. The minimum Gasteiger partial charge on any atom is -0.464 e. The van der Waals surface area contributed by atoms with Crippen LogP contribution in [0.15, 0.2) is 6.33 Å². The number of esters is 1. The average Bonchev–Trinajstić information content (AvgIpc) is 3.18. The highest BCUT2D eigenvalue weighted by atomic mass is 35.5. The van der Waals surface area contributed by atoms with Crippen molar-refractivity contribution in [2.75, 3.05) is 12.3 Å². The molecular formula is C15H18ClN5O3. The molecule has 4 rings (SSSR count). The van der Waals surface area contributed by atoms with E-state index in [4.69, 9.17) is 26.8 Å². The Morgan fingerprint density at radius 1 is 1.46 bits per heavy atom. The Labute approximate surface area is 143 Å². The number of nitrogens with zero attached hydrogens (tertiary/aromatic N) is 4. The number of anilines is 1. The molecule has 3 heterocycles. The number of nitrogen functional groups attached to an aromatic ring is 1. The molecule has 9 heteroatoms. The zero-order valence-corrected chi connectivity index (χ0v) is 13.9. The average molecular weight is 352 g/mol. The van der Waals surface area contributed by atoms with Gasteiger partial charge < -0.3 is 19.8 Å². The molecule has 8 nitrogen and oxygen atoms in total. The minimum atomic E-state index is -0.437. The lowest BCUT2D eigenvalue weighted by molar-refractivity contribution is -0.155. The predicted octanol–water partition coefficient (Wildman–Crippen LogP) is 1.73. The molecule has 0 spiro atoms. The minimum absolute atomic E-state index is 0.0523. The largest absolute Gasteiger partial charge is 0.464 e. The molecule has 4 atom stereocenters. The first-order valence-corrected chi connectivity index (χ1v) is 8.42. The molecule has 24 heavy (non-hydrogen) atoms. The van der Waals surface area contributed by atoms with Crippen molar-refractivity contribution in [2.45, 2.75) is 44.4 Å². The van der Waals surface area contributed by atoms with Gasteiger partial charge in [0.15, 0.2) is 16.9 Å². The molecule has 0 amide bonds. The summed E-state index contributed by atoms with van der Waals surface area (Å²) in [6.07, 6.45) is 3.73. The molecule has 0 unspecified atom stereocenters. The van der Waals surface area contributed by atoms with Crippen LogP contribution in [0.2, 0.25) is 5.15 Å². The Hall–Kier alpha value is -1.93. The molecule has 2 fully saturated rings. The lowest BCUT2D eigenvalue weighted by atomic mass is 10.0. The summed E-state index contributed by atoms with van der Waals surface area (Å²) in [5.41, 5.74) is 6.89. The third-order valence-corrected chi connectivity index (χ3v) is 5.06. The zero-order valence-electron chi connectivity index (χ0n) is 13.2. The molecule has 2 aromatic rings. The highest BCUT2D eigenvalue weighted by Gasteiger charge is 2.46. The van der Waals surface area contributed by atoms with Crippen LogP contribution in [0.1, 0.15) is 32.2 Å². The van der Waals surface area contributed by atoms with Crippen LogP contribution in [0.3, 0.4) is 0 Å². The fraction of sp³-hybridized carbons (Fsp3) is 0.600. The Bertz CT molecular complexity index is 781. The summed E-state index contributed by atoms with van der Waals surface area (Å²) in [6.45, 7) is 2.17. The van der Waals surface area contributed by atoms with Gasteiger partial charge in [-0.1, -0.05) is 11.6 Å². The van der Waals surface area contributed by atoms with Crippen molar-refractivity contribution in [3.8, 4) is 0 Å². The maximum absolute atomic E-state index is 11.8. The van der Waals surface area contributed by atoms with E-state index in [-0.39, 0.29) is 29.2 Å². The Morgan fingerprint density at radius 3 is 3.04 bits per heavy atom. The van der Waals surface area contributed by atoms with Gasteiger partial charge in [0.2, 0.25) is 5.95 Å². The van der Waals surface area contributed by atoms with Crippen LogP contribution in [0.25, 0.3) is 11.2 Å². The second-order valence-electron chi connectivity index (χ2n) is 6.23. The first-order valence-electron chi connectivity index (χ1n) is 8.04. The fourth-order valence-corrected chi connectivity index (χ4v) is 4.01. The molecule has 0 radical (unpaired) electrons. The van der Waals surface area contributed by atoms with E-state index in [2.05, 4.69) is 15.0 Å².